The van der Waals surface area contributed by atoms with E-state index in [1.165, 1.54) is 0 Å². The number of nitrogens with zero attached hydrogens (tertiary/aromatic N) is 1. The van der Waals surface area contributed by atoms with Crippen LogP contribution in [0.4, 0.5) is 0 Å². The van der Waals surface area contributed by atoms with Crippen LogP contribution in [0.2, 0.25) is 0 Å². The fraction of sp³-hybridized carbons (Fsp3) is 0.750. The van der Waals surface area contributed by atoms with Gasteiger partial charge >= 0.3 is 0 Å². The van der Waals surface area contributed by atoms with Crippen LogP contribution in [0, 0.1) is 0 Å². The van der Waals surface area contributed by atoms with Gasteiger partial charge in [0.1, 0.15) is 0 Å². The van der Waals surface area contributed by atoms with E-state index in [1.54, 1.807) is 0 Å². The van der Waals surface area contributed by atoms with Crippen LogP contribution in [-0.4, -0.2) is 29.6 Å². The van der Waals surface area contributed by atoms with Gasteiger partial charge in [-0.3, -0.25) is 10.2 Å². The van der Waals surface area contributed by atoms with E-state index in [0.29, 0.717) is 6.41 Å². The van der Waals surface area contributed by atoms with Gasteiger partial charge in [-0.15, -0.1) is 11.8 Å². The number of hydrogen-bond donors (Lipinski definition) is 1. The maximum absolute atomic E-state index is 9.80. The predicted molar refractivity (Wildman–Crippen MR) is 33.2 cm³/mol. The fourth-order valence-corrected chi connectivity index (χ4v) is 1.49. The third kappa shape index (κ3) is 1.38. The van der Waals surface area contributed by atoms with E-state index >= 15 is 0 Å². The second-order valence-electron chi connectivity index (χ2n) is 1.55. The van der Waals surface area contributed by atoms with Crippen molar-refractivity contribution in [2.24, 2.45) is 0 Å². The minimum atomic E-state index is 0.714. The van der Waals surface area contributed by atoms with Crippen molar-refractivity contribution in [2.75, 3.05) is 18.2 Å². The molecule has 0 bridgehead atoms. The molecule has 0 saturated carbocycles. The molecule has 0 aliphatic carbocycles. The molecular formula is C4H8N2OS. The highest BCUT2D eigenvalue weighted by Crippen LogP contribution is 2.09. The van der Waals surface area contributed by atoms with Crippen LogP contribution in [0.25, 0.3) is 0 Å². The fourth-order valence-electron chi connectivity index (χ4n) is 0.590. The lowest BCUT2D eigenvalue weighted by atomic mass is 10.7. The minimum Gasteiger partial charge on any atom is -0.291 e. The molecule has 1 rings (SSSR count). The molecule has 0 radical (unpaired) electrons. The molecule has 1 N–H and O–H groups in total. The highest BCUT2D eigenvalue weighted by atomic mass is 32.2. The Morgan fingerprint density at radius 1 is 1.75 bits per heavy atom. The number of rotatable bonds is 2. The molecule has 0 aromatic carbocycles. The van der Waals surface area contributed by atoms with Gasteiger partial charge in [-0.25, -0.2) is 5.01 Å². The average molecular weight is 132 g/mol. The summed E-state index contributed by atoms with van der Waals surface area (Å²) in [6.45, 7) is 0.976. The maximum Gasteiger partial charge on any atom is 0.221 e. The lowest BCUT2D eigenvalue weighted by Gasteiger charge is -2.09. The van der Waals surface area contributed by atoms with Gasteiger partial charge < -0.3 is 0 Å². The normalized spacial score (nSPS) is 21.0. The number of amides is 1. The maximum atomic E-state index is 9.80. The third-order valence-corrected chi connectivity index (χ3v) is 1.95. The number of nitrogens with one attached hydrogen (secondary N) is 1. The molecule has 1 aliphatic rings. The Hall–Kier alpha value is -0.220. The van der Waals surface area contributed by atoms with Crippen LogP contribution in [0.5, 0.6) is 0 Å². The second kappa shape index (κ2) is 2.94. The van der Waals surface area contributed by atoms with Crippen molar-refractivity contribution in [1.29, 1.82) is 0 Å². The topological polar surface area (TPSA) is 32.3 Å². The third-order valence-electron chi connectivity index (χ3n) is 0.988. The molecule has 1 heterocycles. The Morgan fingerprint density at radius 2 is 2.62 bits per heavy atom. The standard InChI is InChI=1S/C4H8N2OS/c7-3-5-6-1-2-8-4-6/h3H,1-2,4H2,(H,5,7). The molecule has 4 heteroatoms. The summed E-state index contributed by atoms with van der Waals surface area (Å²) < 4.78 is 0. The Labute approximate surface area is 52.4 Å². The summed E-state index contributed by atoms with van der Waals surface area (Å²) in [5.41, 5.74) is 2.58. The van der Waals surface area contributed by atoms with Crippen molar-refractivity contribution in [3.63, 3.8) is 0 Å². The molecule has 0 aromatic heterocycles. The van der Waals surface area contributed by atoms with Gasteiger partial charge in [-0.1, -0.05) is 0 Å². The van der Waals surface area contributed by atoms with Crippen LogP contribution < -0.4 is 5.43 Å². The number of carbonyl (C=O) groups excluding carboxylic acids is 1. The molecule has 0 spiro atoms. The van der Waals surface area contributed by atoms with E-state index in [2.05, 4.69) is 5.43 Å². The Bertz CT molecular complexity index is 82.1. The Morgan fingerprint density at radius 3 is 3.12 bits per heavy atom. The van der Waals surface area contributed by atoms with Gasteiger partial charge in [-0.2, -0.15) is 0 Å². The van der Waals surface area contributed by atoms with E-state index in [4.69, 9.17) is 0 Å². The smallest absolute Gasteiger partial charge is 0.221 e. The van der Waals surface area contributed by atoms with Gasteiger partial charge in [0, 0.05) is 12.3 Å². The first-order chi connectivity index (χ1) is 3.93. The second-order valence-corrected chi connectivity index (χ2v) is 2.62. The highest BCUT2D eigenvalue weighted by molar-refractivity contribution is 7.99. The Balaban J connectivity index is 2.14. The molecular weight excluding hydrogens is 124 g/mol. The van der Waals surface area contributed by atoms with Crippen molar-refractivity contribution in [3.05, 3.63) is 0 Å². The minimum absolute atomic E-state index is 0.714. The van der Waals surface area contributed by atoms with Crippen molar-refractivity contribution in [2.45, 2.75) is 0 Å². The number of thioether (sulfide) groups is 1. The van der Waals surface area contributed by atoms with Crippen LogP contribution in [0.3, 0.4) is 0 Å². The van der Waals surface area contributed by atoms with Crippen molar-refractivity contribution in [3.8, 4) is 0 Å². The molecule has 1 aliphatic heterocycles. The van der Waals surface area contributed by atoms with Crippen molar-refractivity contribution in [1.82, 2.24) is 10.4 Å². The SMILES string of the molecule is O=CNN1CCSC1. The molecule has 1 amide bonds. The monoisotopic (exact) mass is 132 g/mol. The van der Waals surface area contributed by atoms with E-state index in [1.807, 2.05) is 16.8 Å². The van der Waals surface area contributed by atoms with Crippen LogP contribution in [0.1, 0.15) is 0 Å². The molecule has 1 fully saturated rings. The Kier molecular flexibility index (Phi) is 2.17. The van der Waals surface area contributed by atoms with Gasteiger partial charge in [0.25, 0.3) is 0 Å². The van der Waals surface area contributed by atoms with E-state index < -0.39 is 0 Å². The van der Waals surface area contributed by atoms with Gasteiger partial charge in [0.2, 0.25) is 6.41 Å². The largest absolute Gasteiger partial charge is 0.291 e. The summed E-state index contributed by atoms with van der Waals surface area (Å²) in [7, 11) is 0. The summed E-state index contributed by atoms with van der Waals surface area (Å²) in [5.74, 6) is 2.06. The average Bonchev–Trinajstić information content (AvgIpc) is 2.19. The lowest BCUT2D eigenvalue weighted by Crippen LogP contribution is -2.33. The zero-order valence-corrected chi connectivity index (χ0v) is 5.28. The van der Waals surface area contributed by atoms with Crippen LogP contribution in [0.15, 0.2) is 0 Å². The van der Waals surface area contributed by atoms with Gasteiger partial charge in [0.15, 0.2) is 0 Å². The number of hydrogen-bond acceptors (Lipinski definition) is 3. The first kappa shape index (κ1) is 5.91. The summed E-state index contributed by atoms with van der Waals surface area (Å²) in [6.07, 6.45) is 0.714. The quantitative estimate of drug-likeness (QED) is 0.521. The van der Waals surface area contributed by atoms with Gasteiger partial charge in [0.05, 0.1) is 5.88 Å². The van der Waals surface area contributed by atoms with E-state index in [-0.39, 0.29) is 0 Å². The van der Waals surface area contributed by atoms with Crippen LogP contribution in [-0.2, 0) is 4.79 Å². The number of hydrazine groups is 1. The number of carbonyl (C=O) groups is 1. The predicted octanol–water partition coefficient (Wildman–Crippen LogP) is -0.346. The van der Waals surface area contributed by atoms with Crippen molar-refractivity contribution >= 4 is 18.2 Å². The van der Waals surface area contributed by atoms with Crippen molar-refractivity contribution < 1.29 is 4.79 Å². The highest BCUT2D eigenvalue weighted by Gasteiger charge is 2.08. The molecule has 0 aromatic rings. The van der Waals surface area contributed by atoms with E-state index in [0.717, 1.165) is 18.2 Å². The zero-order chi connectivity index (χ0) is 5.82. The molecule has 0 unspecified atom stereocenters. The molecule has 0 atom stereocenters. The van der Waals surface area contributed by atoms with Gasteiger partial charge in [-0.05, 0) is 0 Å². The summed E-state index contributed by atoms with van der Waals surface area (Å²) in [6, 6.07) is 0. The summed E-state index contributed by atoms with van der Waals surface area (Å²) in [4.78, 5) is 9.80. The molecule has 8 heavy (non-hydrogen) atoms. The lowest BCUT2D eigenvalue weighted by molar-refractivity contribution is -0.113. The first-order valence-electron chi connectivity index (χ1n) is 2.46. The van der Waals surface area contributed by atoms with Crippen LogP contribution >= 0.6 is 11.8 Å². The molecule has 46 valence electrons. The van der Waals surface area contributed by atoms with E-state index in [9.17, 15) is 4.79 Å². The molecule has 1 saturated heterocycles. The summed E-state index contributed by atoms with van der Waals surface area (Å²) >= 11 is 1.83. The zero-order valence-electron chi connectivity index (χ0n) is 4.46. The first-order valence-corrected chi connectivity index (χ1v) is 3.61. The summed E-state index contributed by atoms with van der Waals surface area (Å²) in [5, 5.41) is 1.89. The molecule has 3 nitrogen and oxygen atoms in total.